The van der Waals surface area contributed by atoms with Crippen LogP contribution in [0.2, 0.25) is 0 Å². The molecule has 5 heteroatoms. The van der Waals surface area contributed by atoms with Gasteiger partial charge >= 0.3 is 0 Å². The quantitative estimate of drug-likeness (QED) is 0.907. The van der Waals surface area contributed by atoms with Gasteiger partial charge in [-0.3, -0.25) is 9.80 Å². The van der Waals surface area contributed by atoms with Gasteiger partial charge in [-0.1, -0.05) is 0 Å². The lowest BCUT2D eigenvalue weighted by Crippen LogP contribution is -2.29. The van der Waals surface area contributed by atoms with Crippen molar-refractivity contribution in [3.05, 3.63) is 29.8 Å². The molecule has 1 amide bonds. The van der Waals surface area contributed by atoms with Crippen molar-refractivity contribution >= 4 is 17.3 Å². The summed E-state index contributed by atoms with van der Waals surface area (Å²) in [5, 5.41) is 16.5. The van der Waals surface area contributed by atoms with E-state index in [1.807, 2.05) is 36.2 Å². The highest BCUT2D eigenvalue weighted by molar-refractivity contribution is 5.95. The third-order valence-electron chi connectivity index (χ3n) is 5.17. The third kappa shape index (κ3) is 2.20. The molecule has 2 heterocycles. The molecule has 1 atom stereocenters. The Morgan fingerprint density at radius 2 is 2.05 bits per heavy atom. The molecule has 0 bridgehead atoms. The Morgan fingerprint density at radius 3 is 2.59 bits per heavy atom. The molecule has 0 aromatic heterocycles. The van der Waals surface area contributed by atoms with Crippen molar-refractivity contribution in [3.63, 3.8) is 0 Å². The lowest BCUT2D eigenvalue weighted by atomic mass is 10.0. The number of hydrogen-bond donors (Lipinski definition) is 1. The van der Waals surface area contributed by atoms with E-state index in [0.29, 0.717) is 18.7 Å². The Morgan fingerprint density at radius 1 is 1.32 bits per heavy atom. The average Bonchev–Trinajstić information content (AvgIpc) is 3.06. The summed E-state index contributed by atoms with van der Waals surface area (Å²) in [6, 6.07) is 7.64. The van der Waals surface area contributed by atoms with Gasteiger partial charge < -0.3 is 10.0 Å². The van der Waals surface area contributed by atoms with Crippen LogP contribution in [0.3, 0.4) is 0 Å². The number of anilines is 1. The molecule has 1 N–H and O–H groups in total. The molecule has 0 radical (unpaired) electrons. The molecule has 1 unspecified atom stereocenters. The number of aliphatic hydroxyl groups excluding tert-OH is 1. The smallest absolute Gasteiger partial charge is 0.253 e. The standard InChI is InChI=1S/C17H21N3O2/c1-12-6-9-20(18-12)14-4-2-13(3-5-14)16(22)19-10-15(21)17(11-19)7-8-17/h2-5,15,21H,6-11H2,1H3. The number of β-amino-alcohol motifs (C(OH)–C–C–N with tert-alkyl or cyclic N) is 1. The van der Waals surface area contributed by atoms with Gasteiger partial charge in [-0.25, -0.2) is 0 Å². The van der Waals surface area contributed by atoms with Crippen LogP contribution in [0.4, 0.5) is 5.69 Å². The molecule has 4 rings (SSSR count). The SMILES string of the molecule is CC1=NN(c2ccc(C(=O)N3CC(O)C4(CC4)C3)cc2)CC1. The predicted molar refractivity (Wildman–Crippen MR) is 85.1 cm³/mol. The second-order valence-electron chi connectivity index (χ2n) is 6.82. The fourth-order valence-corrected chi connectivity index (χ4v) is 3.48. The van der Waals surface area contributed by atoms with E-state index in [4.69, 9.17) is 0 Å². The number of benzene rings is 1. The first-order valence-electron chi connectivity index (χ1n) is 7.96. The van der Waals surface area contributed by atoms with Crippen LogP contribution >= 0.6 is 0 Å². The second-order valence-corrected chi connectivity index (χ2v) is 6.82. The van der Waals surface area contributed by atoms with Gasteiger partial charge in [0.05, 0.1) is 11.8 Å². The first-order valence-corrected chi connectivity index (χ1v) is 7.96. The van der Waals surface area contributed by atoms with E-state index in [-0.39, 0.29) is 17.4 Å². The number of carbonyl (C=O) groups excluding carboxylic acids is 1. The van der Waals surface area contributed by atoms with Crippen LogP contribution in [0.15, 0.2) is 29.4 Å². The van der Waals surface area contributed by atoms with E-state index < -0.39 is 0 Å². The summed E-state index contributed by atoms with van der Waals surface area (Å²) in [7, 11) is 0. The Kier molecular flexibility index (Phi) is 3.01. The molecule has 1 aromatic carbocycles. The van der Waals surface area contributed by atoms with Crippen molar-refractivity contribution in [1.82, 2.24) is 4.90 Å². The number of hydrogen-bond acceptors (Lipinski definition) is 4. The summed E-state index contributed by atoms with van der Waals surface area (Å²) in [5.41, 5.74) is 2.86. The fraction of sp³-hybridized carbons (Fsp3) is 0.529. The van der Waals surface area contributed by atoms with Gasteiger partial charge in [0, 0.05) is 42.7 Å². The van der Waals surface area contributed by atoms with Crippen LogP contribution in [0.5, 0.6) is 0 Å². The zero-order chi connectivity index (χ0) is 15.3. The molecule has 5 nitrogen and oxygen atoms in total. The number of rotatable bonds is 2. The maximum absolute atomic E-state index is 12.6. The van der Waals surface area contributed by atoms with Gasteiger partial charge in [-0.2, -0.15) is 5.10 Å². The van der Waals surface area contributed by atoms with Crippen molar-refractivity contribution in [2.45, 2.75) is 32.3 Å². The highest BCUT2D eigenvalue weighted by Crippen LogP contribution is 2.52. The van der Waals surface area contributed by atoms with Crippen molar-refractivity contribution in [2.75, 3.05) is 24.6 Å². The summed E-state index contributed by atoms with van der Waals surface area (Å²) in [4.78, 5) is 14.4. The number of amides is 1. The monoisotopic (exact) mass is 299 g/mol. The van der Waals surface area contributed by atoms with E-state index in [1.54, 1.807) is 4.90 Å². The minimum absolute atomic E-state index is 0.0113. The van der Waals surface area contributed by atoms with E-state index in [0.717, 1.165) is 37.2 Å². The minimum atomic E-state index is -0.349. The van der Waals surface area contributed by atoms with Gasteiger partial charge in [-0.05, 0) is 44.0 Å². The Hall–Kier alpha value is -1.88. The number of nitrogens with zero attached hydrogens (tertiary/aromatic N) is 3. The maximum atomic E-state index is 12.6. The molecule has 22 heavy (non-hydrogen) atoms. The van der Waals surface area contributed by atoms with Crippen molar-refractivity contribution in [1.29, 1.82) is 0 Å². The van der Waals surface area contributed by atoms with Crippen LogP contribution in [0.1, 0.15) is 36.5 Å². The van der Waals surface area contributed by atoms with Crippen LogP contribution in [-0.2, 0) is 0 Å². The third-order valence-corrected chi connectivity index (χ3v) is 5.17. The van der Waals surface area contributed by atoms with E-state index in [9.17, 15) is 9.90 Å². The zero-order valence-corrected chi connectivity index (χ0v) is 12.8. The Balaban J connectivity index is 1.48. The zero-order valence-electron chi connectivity index (χ0n) is 12.8. The second kappa shape index (κ2) is 4.81. The van der Waals surface area contributed by atoms with Crippen molar-refractivity contribution in [3.8, 4) is 0 Å². The molecular weight excluding hydrogens is 278 g/mol. The van der Waals surface area contributed by atoms with Gasteiger partial charge in [-0.15, -0.1) is 0 Å². The maximum Gasteiger partial charge on any atom is 0.253 e. The van der Waals surface area contributed by atoms with Crippen LogP contribution in [-0.4, -0.2) is 47.4 Å². The first-order chi connectivity index (χ1) is 10.6. The summed E-state index contributed by atoms with van der Waals surface area (Å²) in [5.74, 6) is 0.0236. The number of aliphatic hydroxyl groups is 1. The summed E-state index contributed by atoms with van der Waals surface area (Å²) in [6.07, 6.45) is 2.73. The molecule has 1 spiro atoms. The summed E-state index contributed by atoms with van der Waals surface area (Å²) >= 11 is 0. The highest BCUT2D eigenvalue weighted by atomic mass is 16.3. The lowest BCUT2D eigenvalue weighted by Gasteiger charge is -2.17. The van der Waals surface area contributed by atoms with Gasteiger partial charge in [0.1, 0.15) is 0 Å². The fourth-order valence-electron chi connectivity index (χ4n) is 3.48. The van der Waals surface area contributed by atoms with Gasteiger partial charge in [0.2, 0.25) is 0 Å². The van der Waals surface area contributed by atoms with E-state index >= 15 is 0 Å². The molecule has 2 fully saturated rings. The topological polar surface area (TPSA) is 56.1 Å². The number of hydrazone groups is 1. The Labute approximate surface area is 130 Å². The molecule has 1 saturated heterocycles. The molecule has 1 saturated carbocycles. The molecule has 1 aromatic rings. The van der Waals surface area contributed by atoms with Gasteiger partial charge in [0.15, 0.2) is 0 Å². The van der Waals surface area contributed by atoms with Crippen LogP contribution < -0.4 is 5.01 Å². The van der Waals surface area contributed by atoms with Crippen LogP contribution in [0.25, 0.3) is 0 Å². The number of carbonyl (C=O) groups is 1. The Bertz CT molecular complexity index is 634. The minimum Gasteiger partial charge on any atom is -0.391 e. The largest absolute Gasteiger partial charge is 0.391 e. The van der Waals surface area contributed by atoms with Crippen LogP contribution in [0, 0.1) is 5.41 Å². The van der Waals surface area contributed by atoms with E-state index in [1.165, 1.54) is 0 Å². The summed E-state index contributed by atoms with van der Waals surface area (Å²) < 4.78 is 0. The molecule has 3 aliphatic rings. The first kappa shape index (κ1) is 13.8. The predicted octanol–water partition coefficient (Wildman–Crippen LogP) is 1.87. The molecule has 1 aliphatic carbocycles. The lowest BCUT2D eigenvalue weighted by molar-refractivity contribution is 0.0764. The molecule has 116 valence electrons. The highest BCUT2D eigenvalue weighted by Gasteiger charge is 2.55. The molecular formula is C17H21N3O2. The van der Waals surface area contributed by atoms with E-state index in [2.05, 4.69) is 5.10 Å². The van der Waals surface area contributed by atoms with Gasteiger partial charge in [0.25, 0.3) is 5.91 Å². The average molecular weight is 299 g/mol. The number of likely N-dealkylation sites (tertiary alicyclic amines) is 1. The normalized spacial score (nSPS) is 25.7. The summed E-state index contributed by atoms with van der Waals surface area (Å²) in [6.45, 7) is 4.10. The van der Waals surface area contributed by atoms with Crippen molar-refractivity contribution in [2.24, 2.45) is 10.5 Å². The van der Waals surface area contributed by atoms with Crippen molar-refractivity contribution < 1.29 is 9.90 Å². The molecule has 2 aliphatic heterocycles.